The molecule has 0 amide bonds. The number of benzene rings is 1. The second-order valence-electron chi connectivity index (χ2n) is 4.83. The largest absolute Gasteiger partial charge is 0.372 e. The molecule has 0 spiro atoms. The summed E-state index contributed by atoms with van der Waals surface area (Å²) in [7, 11) is 0. The lowest BCUT2D eigenvalue weighted by Gasteiger charge is -2.31. The van der Waals surface area contributed by atoms with E-state index in [9.17, 15) is 4.39 Å². The van der Waals surface area contributed by atoms with Gasteiger partial charge in [-0.05, 0) is 25.5 Å². The molecular formula is C14H20ClFN2O. The van der Waals surface area contributed by atoms with Gasteiger partial charge in [-0.25, -0.2) is 4.39 Å². The predicted octanol–water partition coefficient (Wildman–Crippen LogP) is 2.50. The third kappa shape index (κ3) is 3.66. The lowest BCUT2D eigenvalue weighted by atomic mass is 9.89. The summed E-state index contributed by atoms with van der Waals surface area (Å²) in [5, 5.41) is 3.47. The molecule has 0 aromatic heterocycles. The highest BCUT2D eigenvalue weighted by atomic mass is 35.5. The van der Waals surface area contributed by atoms with E-state index in [2.05, 4.69) is 5.32 Å². The molecule has 1 fully saturated rings. The minimum Gasteiger partial charge on any atom is -0.372 e. The van der Waals surface area contributed by atoms with Crippen molar-refractivity contribution in [1.82, 2.24) is 5.32 Å². The fraction of sp³-hybridized carbons (Fsp3) is 0.571. The van der Waals surface area contributed by atoms with E-state index in [1.807, 2.05) is 0 Å². The van der Waals surface area contributed by atoms with E-state index in [4.69, 9.17) is 22.1 Å². The normalized spacial score (nSPS) is 21.3. The van der Waals surface area contributed by atoms with Crippen LogP contribution in [0.15, 0.2) is 18.2 Å². The zero-order valence-electron chi connectivity index (χ0n) is 10.9. The molecule has 0 aliphatic carbocycles. The number of ether oxygens (including phenoxy) is 1. The summed E-state index contributed by atoms with van der Waals surface area (Å²) in [5.74, 6) is -0.120. The second-order valence-corrected chi connectivity index (χ2v) is 5.24. The van der Waals surface area contributed by atoms with Crippen LogP contribution >= 0.6 is 11.6 Å². The first-order valence-corrected chi connectivity index (χ1v) is 7.08. The smallest absolute Gasteiger partial charge is 0.147 e. The fourth-order valence-electron chi connectivity index (χ4n) is 2.55. The van der Waals surface area contributed by atoms with Crippen LogP contribution in [0.5, 0.6) is 0 Å². The molecule has 106 valence electrons. The Morgan fingerprint density at radius 2 is 2.37 bits per heavy atom. The van der Waals surface area contributed by atoms with Crippen molar-refractivity contribution in [3.8, 4) is 0 Å². The topological polar surface area (TPSA) is 47.3 Å². The number of piperidine rings is 1. The van der Waals surface area contributed by atoms with Gasteiger partial charge in [-0.1, -0.05) is 23.7 Å². The first-order valence-electron chi connectivity index (χ1n) is 6.70. The first-order chi connectivity index (χ1) is 9.24. The van der Waals surface area contributed by atoms with Crippen LogP contribution in [0.3, 0.4) is 0 Å². The third-order valence-corrected chi connectivity index (χ3v) is 3.76. The molecule has 2 atom stereocenters. The van der Waals surface area contributed by atoms with E-state index in [0.29, 0.717) is 18.7 Å². The van der Waals surface area contributed by atoms with E-state index < -0.39 is 0 Å². The summed E-state index contributed by atoms with van der Waals surface area (Å²) in [5.41, 5.74) is 6.03. The number of halogens is 2. The maximum absolute atomic E-state index is 14.2. The zero-order valence-corrected chi connectivity index (χ0v) is 11.6. The molecule has 3 nitrogen and oxygen atoms in total. The average molecular weight is 287 g/mol. The van der Waals surface area contributed by atoms with Crippen LogP contribution in [-0.4, -0.2) is 26.2 Å². The van der Waals surface area contributed by atoms with Crippen molar-refractivity contribution >= 4 is 11.6 Å². The average Bonchev–Trinajstić information content (AvgIpc) is 2.45. The van der Waals surface area contributed by atoms with Gasteiger partial charge in [0.2, 0.25) is 0 Å². The number of hydrogen-bond acceptors (Lipinski definition) is 3. The van der Waals surface area contributed by atoms with Crippen LogP contribution in [0.4, 0.5) is 4.39 Å². The summed E-state index contributed by atoms with van der Waals surface area (Å²) in [6, 6.07) is 5.06. The highest BCUT2D eigenvalue weighted by Gasteiger charge is 2.28. The zero-order chi connectivity index (χ0) is 13.7. The molecule has 5 heteroatoms. The molecule has 3 N–H and O–H groups in total. The standard InChI is InChI=1S/C14H20ClFN2O/c15-12-5-1-4-11(13(12)16)14(19-8-6-17)10-3-2-7-18-9-10/h1,4-5,10,14,18H,2-3,6-9,17H2/t10-,14-/m1/s1. The fourth-order valence-corrected chi connectivity index (χ4v) is 2.73. The predicted molar refractivity (Wildman–Crippen MR) is 74.8 cm³/mol. The van der Waals surface area contributed by atoms with E-state index in [0.717, 1.165) is 25.9 Å². The molecular weight excluding hydrogens is 267 g/mol. The highest BCUT2D eigenvalue weighted by Crippen LogP contribution is 2.34. The number of rotatable bonds is 5. The van der Waals surface area contributed by atoms with Gasteiger partial charge in [-0.2, -0.15) is 0 Å². The minimum absolute atomic E-state index is 0.141. The Kier molecular flexibility index (Phi) is 5.58. The van der Waals surface area contributed by atoms with Crippen molar-refractivity contribution in [2.75, 3.05) is 26.2 Å². The van der Waals surface area contributed by atoms with Crippen LogP contribution in [0.1, 0.15) is 24.5 Å². The Hall–Kier alpha value is -0.680. The Morgan fingerprint density at radius 1 is 1.53 bits per heavy atom. The Balaban J connectivity index is 2.22. The van der Waals surface area contributed by atoms with E-state index in [1.54, 1.807) is 18.2 Å². The van der Waals surface area contributed by atoms with Crippen molar-refractivity contribution in [3.05, 3.63) is 34.6 Å². The molecule has 1 aliphatic rings. The summed E-state index contributed by atoms with van der Waals surface area (Å²) in [4.78, 5) is 0. The number of nitrogens with one attached hydrogen (secondary N) is 1. The van der Waals surface area contributed by atoms with Crippen LogP contribution in [0, 0.1) is 11.7 Å². The lowest BCUT2D eigenvalue weighted by Crippen LogP contribution is -2.35. The number of hydrogen-bond donors (Lipinski definition) is 2. The molecule has 1 heterocycles. The van der Waals surface area contributed by atoms with Gasteiger partial charge < -0.3 is 15.8 Å². The molecule has 0 radical (unpaired) electrons. The van der Waals surface area contributed by atoms with Gasteiger partial charge in [0, 0.05) is 24.6 Å². The van der Waals surface area contributed by atoms with Gasteiger partial charge in [-0.3, -0.25) is 0 Å². The van der Waals surface area contributed by atoms with Gasteiger partial charge in [0.05, 0.1) is 17.7 Å². The molecule has 0 bridgehead atoms. The molecule has 19 heavy (non-hydrogen) atoms. The third-order valence-electron chi connectivity index (χ3n) is 3.47. The number of nitrogens with two attached hydrogens (primary N) is 1. The van der Waals surface area contributed by atoms with E-state index in [1.165, 1.54) is 0 Å². The molecule has 0 saturated carbocycles. The summed E-state index contributed by atoms with van der Waals surface area (Å²) in [6.45, 7) is 2.70. The minimum atomic E-state index is -0.378. The Bertz CT molecular complexity index is 410. The lowest BCUT2D eigenvalue weighted by molar-refractivity contribution is 0.00502. The molecule has 1 aromatic rings. The van der Waals surface area contributed by atoms with E-state index in [-0.39, 0.29) is 22.9 Å². The van der Waals surface area contributed by atoms with Gasteiger partial charge in [0.15, 0.2) is 0 Å². The molecule has 2 rings (SSSR count). The molecule has 1 aromatic carbocycles. The van der Waals surface area contributed by atoms with Crippen LogP contribution in [0.25, 0.3) is 0 Å². The molecule has 1 saturated heterocycles. The van der Waals surface area contributed by atoms with Crippen molar-refractivity contribution in [2.45, 2.75) is 18.9 Å². The van der Waals surface area contributed by atoms with Gasteiger partial charge in [0.1, 0.15) is 5.82 Å². The first kappa shape index (κ1) is 14.7. The Labute approximate surface area is 118 Å². The SMILES string of the molecule is NCCO[C@@H](c1cccc(Cl)c1F)[C@@H]1CCCNC1. The highest BCUT2D eigenvalue weighted by molar-refractivity contribution is 6.30. The van der Waals surface area contributed by atoms with Crippen LogP contribution in [-0.2, 0) is 4.74 Å². The second kappa shape index (κ2) is 7.20. The van der Waals surface area contributed by atoms with Crippen molar-refractivity contribution in [2.24, 2.45) is 11.7 Å². The molecule has 0 unspecified atom stereocenters. The summed E-state index contributed by atoms with van der Waals surface area (Å²) < 4.78 is 20.0. The van der Waals surface area contributed by atoms with Crippen molar-refractivity contribution < 1.29 is 9.13 Å². The monoisotopic (exact) mass is 286 g/mol. The van der Waals surface area contributed by atoms with Crippen molar-refractivity contribution in [3.63, 3.8) is 0 Å². The summed E-state index contributed by atoms with van der Waals surface area (Å²) in [6.07, 6.45) is 1.82. The quantitative estimate of drug-likeness (QED) is 0.874. The van der Waals surface area contributed by atoms with Gasteiger partial charge >= 0.3 is 0 Å². The summed E-state index contributed by atoms with van der Waals surface area (Å²) >= 11 is 5.86. The Morgan fingerprint density at radius 3 is 3.05 bits per heavy atom. The van der Waals surface area contributed by atoms with E-state index >= 15 is 0 Å². The maximum Gasteiger partial charge on any atom is 0.147 e. The van der Waals surface area contributed by atoms with Crippen LogP contribution in [0.2, 0.25) is 5.02 Å². The van der Waals surface area contributed by atoms with Crippen molar-refractivity contribution in [1.29, 1.82) is 0 Å². The maximum atomic E-state index is 14.2. The van der Waals surface area contributed by atoms with Crippen LogP contribution < -0.4 is 11.1 Å². The molecule has 1 aliphatic heterocycles. The van der Waals surface area contributed by atoms with Gasteiger partial charge in [0.25, 0.3) is 0 Å². The van der Waals surface area contributed by atoms with Gasteiger partial charge in [-0.15, -0.1) is 0 Å².